The predicted molar refractivity (Wildman–Crippen MR) is 67.0 cm³/mol. The SMILES string of the molecule is CCOCCS[C@H](C)c1nc(C)cc(=O)[nH]1. The molecular weight excluding hydrogens is 224 g/mol. The van der Waals surface area contributed by atoms with Crippen molar-refractivity contribution in [2.24, 2.45) is 0 Å². The Morgan fingerprint density at radius 1 is 1.62 bits per heavy atom. The number of nitrogens with zero attached hydrogens (tertiary/aromatic N) is 1. The van der Waals surface area contributed by atoms with E-state index < -0.39 is 0 Å². The molecule has 1 heterocycles. The van der Waals surface area contributed by atoms with Gasteiger partial charge < -0.3 is 9.72 Å². The monoisotopic (exact) mass is 242 g/mol. The standard InChI is InChI=1S/C11H18N2O2S/c1-4-15-5-6-16-9(3)11-12-8(2)7-10(14)13-11/h7,9H,4-6H2,1-3H3,(H,12,13,14)/t9-/m1/s1. The molecule has 1 aromatic rings. The molecule has 0 aromatic carbocycles. The molecule has 4 nitrogen and oxygen atoms in total. The van der Waals surface area contributed by atoms with Gasteiger partial charge in [-0.2, -0.15) is 0 Å². The average molecular weight is 242 g/mol. The van der Waals surface area contributed by atoms with Crippen LogP contribution >= 0.6 is 11.8 Å². The lowest BCUT2D eigenvalue weighted by Gasteiger charge is -2.10. The summed E-state index contributed by atoms with van der Waals surface area (Å²) in [5, 5.41) is 0.188. The Balaban J connectivity index is 2.52. The highest BCUT2D eigenvalue weighted by atomic mass is 32.2. The number of aromatic amines is 1. The molecule has 1 rings (SSSR count). The zero-order valence-corrected chi connectivity index (χ0v) is 10.8. The minimum Gasteiger partial charge on any atom is -0.381 e. The summed E-state index contributed by atoms with van der Waals surface area (Å²) in [5.41, 5.74) is 0.677. The summed E-state index contributed by atoms with van der Waals surface area (Å²) in [7, 11) is 0. The summed E-state index contributed by atoms with van der Waals surface area (Å²) >= 11 is 1.73. The normalized spacial score (nSPS) is 12.7. The van der Waals surface area contributed by atoms with Crippen LogP contribution in [0.15, 0.2) is 10.9 Å². The van der Waals surface area contributed by atoms with Crippen molar-refractivity contribution in [1.82, 2.24) is 9.97 Å². The van der Waals surface area contributed by atoms with E-state index in [0.29, 0.717) is 0 Å². The van der Waals surface area contributed by atoms with E-state index in [4.69, 9.17) is 4.74 Å². The first-order valence-corrected chi connectivity index (χ1v) is 6.45. The second-order valence-electron chi connectivity index (χ2n) is 3.48. The molecule has 0 spiro atoms. The van der Waals surface area contributed by atoms with Gasteiger partial charge in [-0.05, 0) is 20.8 Å². The lowest BCUT2D eigenvalue weighted by molar-refractivity contribution is 0.164. The van der Waals surface area contributed by atoms with Crippen molar-refractivity contribution in [3.63, 3.8) is 0 Å². The second kappa shape index (κ2) is 6.70. The van der Waals surface area contributed by atoms with E-state index in [2.05, 4.69) is 9.97 Å². The highest BCUT2D eigenvalue weighted by Gasteiger charge is 2.08. The Morgan fingerprint density at radius 3 is 3.00 bits per heavy atom. The third-order valence-electron chi connectivity index (χ3n) is 2.07. The number of hydrogen-bond acceptors (Lipinski definition) is 4. The summed E-state index contributed by atoms with van der Waals surface area (Å²) in [6, 6.07) is 1.50. The van der Waals surface area contributed by atoms with Crippen molar-refractivity contribution in [3.8, 4) is 0 Å². The molecule has 1 atom stereocenters. The van der Waals surface area contributed by atoms with Crippen LogP contribution in [0.25, 0.3) is 0 Å². The molecule has 0 aliphatic carbocycles. The summed E-state index contributed by atoms with van der Waals surface area (Å²) in [5.74, 6) is 1.65. The first-order valence-electron chi connectivity index (χ1n) is 5.40. The number of hydrogen-bond donors (Lipinski definition) is 1. The molecule has 0 saturated heterocycles. The Bertz CT molecular complexity index is 378. The molecule has 1 aromatic heterocycles. The quantitative estimate of drug-likeness (QED) is 0.774. The fourth-order valence-electron chi connectivity index (χ4n) is 1.30. The van der Waals surface area contributed by atoms with Crippen LogP contribution in [0.4, 0.5) is 0 Å². The fourth-order valence-corrected chi connectivity index (χ4v) is 2.14. The largest absolute Gasteiger partial charge is 0.381 e. The van der Waals surface area contributed by atoms with Crippen molar-refractivity contribution in [2.75, 3.05) is 19.0 Å². The van der Waals surface area contributed by atoms with Gasteiger partial charge in [-0.1, -0.05) is 0 Å². The van der Waals surface area contributed by atoms with E-state index in [0.717, 1.165) is 30.5 Å². The van der Waals surface area contributed by atoms with E-state index in [1.165, 1.54) is 6.07 Å². The van der Waals surface area contributed by atoms with E-state index in [9.17, 15) is 4.79 Å². The Kier molecular flexibility index (Phi) is 5.55. The van der Waals surface area contributed by atoms with Gasteiger partial charge in [0.25, 0.3) is 5.56 Å². The fraction of sp³-hybridized carbons (Fsp3) is 0.636. The molecule has 16 heavy (non-hydrogen) atoms. The highest BCUT2D eigenvalue weighted by molar-refractivity contribution is 7.99. The highest BCUT2D eigenvalue weighted by Crippen LogP contribution is 2.24. The second-order valence-corrected chi connectivity index (χ2v) is 4.93. The van der Waals surface area contributed by atoms with Gasteiger partial charge in [0.1, 0.15) is 5.82 Å². The van der Waals surface area contributed by atoms with Gasteiger partial charge in [0, 0.05) is 24.1 Å². The van der Waals surface area contributed by atoms with Crippen LogP contribution in [-0.2, 0) is 4.74 Å². The molecular formula is C11H18N2O2S. The maximum Gasteiger partial charge on any atom is 0.251 e. The van der Waals surface area contributed by atoms with Crippen LogP contribution in [0, 0.1) is 6.92 Å². The average Bonchev–Trinajstić information content (AvgIpc) is 2.22. The van der Waals surface area contributed by atoms with Gasteiger partial charge in [-0.25, -0.2) is 4.98 Å². The topological polar surface area (TPSA) is 55.0 Å². The predicted octanol–water partition coefficient (Wildman–Crippen LogP) is 1.91. The van der Waals surface area contributed by atoms with Crippen LogP contribution in [0.2, 0.25) is 0 Å². The number of H-pyrrole nitrogens is 1. The number of nitrogens with one attached hydrogen (secondary N) is 1. The third kappa shape index (κ3) is 4.37. The van der Waals surface area contributed by atoms with Crippen LogP contribution in [0.3, 0.4) is 0 Å². The molecule has 0 fully saturated rings. The molecule has 0 radical (unpaired) electrons. The van der Waals surface area contributed by atoms with E-state index in [1.54, 1.807) is 11.8 Å². The number of aromatic nitrogens is 2. The number of rotatable bonds is 6. The van der Waals surface area contributed by atoms with Crippen LogP contribution in [0.1, 0.15) is 30.6 Å². The van der Waals surface area contributed by atoms with Gasteiger partial charge >= 0.3 is 0 Å². The lowest BCUT2D eigenvalue weighted by atomic mass is 10.4. The summed E-state index contributed by atoms with van der Waals surface area (Å²) in [4.78, 5) is 18.3. The minimum atomic E-state index is -0.0836. The van der Waals surface area contributed by atoms with Crippen molar-refractivity contribution >= 4 is 11.8 Å². The van der Waals surface area contributed by atoms with E-state index in [1.807, 2.05) is 20.8 Å². The summed E-state index contributed by atoms with van der Waals surface area (Å²) in [6.07, 6.45) is 0. The van der Waals surface area contributed by atoms with Gasteiger partial charge in [-0.15, -0.1) is 11.8 Å². The van der Waals surface area contributed by atoms with Crippen LogP contribution < -0.4 is 5.56 Å². The van der Waals surface area contributed by atoms with Gasteiger partial charge in [0.2, 0.25) is 0 Å². The van der Waals surface area contributed by atoms with Gasteiger partial charge in [0.05, 0.1) is 11.9 Å². The number of ether oxygens (including phenoxy) is 1. The van der Waals surface area contributed by atoms with E-state index >= 15 is 0 Å². The molecule has 0 bridgehead atoms. The zero-order chi connectivity index (χ0) is 12.0. The zero-order valence-electron chi connectivity index (χ0n) is 9.95. The Hall–Kier alpha value is -0.810. The Labute approximate surface area is 99.8 Å². The Morgan fingerprint density at radius 2 is 2.38 bits per heavy atom. The molecule has 1 N–H and O–H groups in total. The van der Waals surface area contributed by atoms with Crippen molar-refractivity contribution in [3.05, 3.63) is 27.9 Å². The van der Waals surface area contributed by atoms with Gasteiger partial charge in [-0.3, -0.25) is 4.79 Å². The van der Waals surface area contributed by atoms with Gasteiger partial charge in [0.15, 0.2) is 0 Å². The summed E-state index contributed by atoms with van der Waals surface area (Å²) < 4.78 is 5.25. The summed E-state index contributed by atoms with van der Waals surface area (Å²) in [6.45, 7) is 7.33. The number of thioether (sulfide) groups is 1. The molecule has 0 aliphatic rings. The molecule has 90 valence electrons. The minimum absolute atomic E-state index is 0.0836. The smallest absolute Gasteiger partial charge is 0.251 e. The maximum absolute atomic E-state index is 11.3. The van der Waals surface area contributed by atoms with Crippen molar-refractivity contribution in [1.29, 1.82) is 0 Å². The van der Waals surface area contributed by atoms with E-state index in [-0.39, 0.29) is 10.8 Å². The maximum atomic E-state index is 11.3. The first kappa shape index (κ1) is 13.3. The number of aryl methyl sites for hydroxylation is 1. The lowest BCUT2D eigenvalue weighted by Crippen LogP contribution is -2.12. The van der Waals surface area contributed by atoms with Crippen molar-refractivity contribution < 1.29 is 4.74 Å². The molecule has 0 saturated carbocycles. The molecule has 0 unspecified atom stereocenters. The van der Waals surface area contributed by atoms with Crippen LogP contribution in [0.5, 0.6) is 0 Å². The van der Waals surface area contributed by atoms with Crippen LogP contribution in [-0.4, -0.2) is 28.9 Å². The third-order valence-corrected chi connectivity index (χ3v) is 3.20. The molecule has 0 amide bonds. The first-order chi connectivity index (χ1) is 7.63. The molecule has 0 aliphatic heterocycles. The molecule has 5 heteroatoms. The van der Waals surface area contributed by atoms with Crippen molar-refractivity contribution in [2.45, 2.75) is 26.0 Å².